The molecular weight excluding hydrogens is 386 g/mol. The molecule has 0 aliphatic heterocycles. The van der Waals surface area contributed by atoms with Crippen LogP contribution in [0.15, 0.2) is 55.0 Å². The SMILES string of the molecule is CNc1ncnc2ccc(N[C@H](c3cn(C4CC4)nn3)c3ccccc3Cl)cc12. The van der Waals surface area contributed by atoms with Gasteiger partial charge in [0.25, 0.3) is 0 Å². The zero-order chi connectivity index (χ0) is 19.8. The fraction of sp³-hybridized carbons (Fsp3) is 0.238. The summed E-state index contributed by atoms with van der Waals surface area (Å²) in [6, 6.07) is 14.1. The van der Waals surface area contributed by atoms with Crippen molar-refractivity contribution >= 4 is 34.0 Å². The molecule has 0 spiro atoms. The second kappa shape index (κ2) is 7.33. The van der Waals surface area contributed by atoms with Gasteiger partial charge in [0.2, 0.25) is 0 Å². The minimum atomic E-state index is -0.226. The van der Waals surface area contributed by atoms with Crippen molar-refractivity contribution in [1.29, 1.82) is 0 Å². The molecule has 8 heteroatoms. The van der Waals surface area contributed by atoms with Crippen LogP contribution in [0, 0.1) is 0 Å². The molecule has 5 rings (SSSR count). The maximum absolute atomic E-state index is 6.53. The lowest BCUT2D eigenvalue weighted by atomic mass is 10.0. The van der Waals surface area contributed by atoms with E-state index in [0.29, 0.717) is 11.1 Å². The third-order valence-electron chi connectivity index (χ3n) is 5.14. The van der Waals surface area contributed by atoms with Gasteiger partial charge in [-0.3, -0.25) is 0 Å². The van der Waals surface area contributed by atoms with Crippen molar-refractivity contribution in [3.63, 3.8) is 0 Å². The first-order valence-corrected chi connectivity index (χ1v) is 9.96. The maximum atomic E-state index is 6.53. The summed E-state index contributed by atoms with van der Waals surface area (Å²) < 4.78 is 1.95. The number of hydrogen-bond donors (Lipinski definition) is 2. The molecule has 2 aromatic heterocycles. The van der Waals surface area contributed by atoms with E-state index in [9.17, 15) is 0 Å². The third-order valence-corrected chi connectivity index (χ3v) is 5.49. The number of rotatable bonds is 6. The molecule has 29 heavy (non-hydrogen) atoms. The van der Waals surface area contributed by atoms with Gasteiger partial charge in [0.1, 0.15) is 17.8 Å². The van der Waals surface area contributed by atoms with E-state index in [1.807, 2.05) is 60.4 Å². The summed E-state index contributed by atoms with van der Waals surface area (Å²) >= 11 is 6.53. The number of aromatic nitrogens is 5. The maximum Gasteiger partial charge on any atom is 0.137 e. The van der Waals surface area contributed by atoms with Gasteiger partial charge in [0, 0.05) is 23.1 Å². The van der Waals surface area contributed by atoms with Crippen molar-refractivity contribution < 1.29 is 0 Å². The number of halogens is 1. The number of nitrogens with one attached hydrogen (secondary N) is 2. The highest BCUT2D eigenvalue weighted by molar-refractivity contribution is 6.31. The summed E-state index contributed by atoms with van der Waals surface area (Å²) in [6.45, 7) is 0. The first-order chi connectivity index (χ1) is 14.2. The van der Waals surface area contributed by atoms with Crippen molar-refractivity contribution in [2.45, 2.75) is 24.9 Å². The van der Waals surface area contributed by atoms with E-state index < -0.39 is 0 Å². The summed E-state index contributed by atoms with van der Waals surface area (Å²) in [5, 5.41) is 17.1. The quantitative estimate of drug-likeness (QED) is 0.493. The second-order valence-corrected chi connectivity index (χ2v) is 7.56. The predicted molar refractivity (Wildman–Crippen MR) is 114 cm³/mol. The molecule has 1 aliphatic carbocycles. The van der Waals surface area contributed by atoms with Crippen molar-refractivity contribution in [3.8, 4) is 0 Å². The zero-order valence-corrected chi connectivity index (χ0v) is 16.6. The van der Waals surface area contributed by atoms with Crippen molar-refractivity contribution in [2.24, 2.45) is 0 Å². The summed E-state index contributed by atoms with van der Waals surface area (Å²) in [5.74, 6) is 0.785. The van der Waals surface area contributed by atoms with Gasteiger partial charge in [-0.1, -0.05) is 35.0 Å². The largest absolute Gasteiger partial charge is 0.373 e. The second-order valence-electron chi connectivity index (χ2n) is 7.16. The van der Waals surface area contributed by atoms with Gasteiger partial charge in [-0.05, 0) is 42.7 Å². The molecule has 0 amide bonds. The van der Waals surface area contributed by atoms with Crippen molar-refractivity contribution in [3.05, 3.63) is 71.3 Å². The van der Waals surface area contributed by atoms with Gasteiger partial charge in [-0.15, -0.1) is 5.10 Å². The summed E-state index contributed by atoms with van der Waals surface area (Å²) in [6.07, 6.45) is 5.89. The van der Waals surface area contributed by atoms with Crippen molar-refractivity contribution in [2.75, 3.05) is 17.7 Å². The minimum absolute atomic E-state index is 0.226. The average Bonchev–Trinajstić information content (AvgIpc) is 3.49. The molecule has 1 saturated carbocycles. The zero-order valence-electron chi connectivity index (χ0n) is 15.9. The lowest BCUT2D eigenvalue weighted by molar-refractivity contribution is 0.610. The lowest BCUT2D eigenvalue weighted by Crippen LogP contribution is -2.13. The van der Waals surface area contributed by atoms with Crippen LogP contribution in [0.1, 0.15) is 36.2 Å². The van der Waals surface area contributed by atoms with E-state index in [1.54, 1.807) is 6.33 Å². The molecule has 0 bridgehead atoms. The molecule has 0 radical (unpaired) electrons. The van der Waals surface area contributed by atoms with Crippen molar-refractivity contribution in [1.82, 2.24) is 25.0 Å². The number of anilines is 2. The van der Waals surface area contributed by atoms with E-state index >= 15 is 0 Å². The van der Waals surface area contributed by atoms with Crippen LogP contribution in [0.2, 0.25) is 5.02 Å². The van der Waals surface area contributed by atoms with Crippen LogP contribution in [-0.2, 0) is 0 Å². The Labute approximate surface area is 173 Å². The van der Waals surface area contributed by atoms with Gasteiger partial charge in [-0.25, -0.2) is 14.6 Å². The van der Waals surface area contributed by atoms with E-state index in [1.165, 1.54) is 0 Å². The van der Waals surface area contributed by atoms with Crippen LogP contribution < -0.4 is 10.6 Å². The smallest absolute Gasteiger partial charge is 0.137 e. The molecule has 1 aliphatic rings. The van der Waals surface area contributed by atoms with Crippen LogP contribution in [0.3, 0.4) is 0 Å². The molecule has 0 unspecified atom stereocenters. The Morgan fingerprint density at radius 3 is 2.79 bits per heavy atom. The van der Waals surface area contributed by atoms with E-state index in [-0.39, 0.29) is 6.04 Å². The van der Waals surface area contributed by atoms with Crippen LogP contribution in [0.25, 0.3) is 10.9 Å². The molecule has 7 nitrogen and oxygen atoms in total. The molecule has 2 aromatic carbocycles. The van der Waals surface area contributed by atoms with Crippen LogP contribution in [0.5, 0.6) is 0 Å². The number of benzene rings is 2. The Hall–Kier alpha value is -3.19. The number of hydrogen-bond acceptors (Lipinski definition) is 6. The monoisotopic (exact) mass is 405 g/mol. The third kappa shape index (κ3) is 3.49. The fourth-order valence-corrected chi connectivity index (χ4v) is 3.72. The van der Waals surface area contributed by atoms with Crippen LogP contribution in [-0.4, -0.2) is 32.0 Å². The summed E-state index contributed by atoms with van der Waals surface area (Å²) in [4.78, 5) is 8.65. The fourth-order valence-electron chi connectivity index (χ4n) is 3.47. The standard InChI is InChI=1S/C21H20ClN7/c1-23-21-16-10-13(6-9-18(16)24-12-25-21)26-20(15-4-2-3-5-17(15)22)19-11-29(28-27-19)14-7-8-14/h2-6,9-12,14,20,26H,7-8H2,1H3,(H,23,24,25)/t20-/m0/s1. The number of fused-ring (bicyclic) bond motifs is 1. The topological polar surface area (TPSA) is 80.5 Å². The highest BCUT2D eigenvalue weighted by atomic mass is 35.5. The first-order valence-electron chi connectivity index (χ1n) is 9.58. The molecule has 1 atom stereocenters. The molecule has 1 fully saturated rings. The Morgan fingerprint density at radius 2 is 2.00 bits per heavy atom. The Kier molecular flexibility index (Phi) is 4.52. The Morgan fingerprint density at radius 1 is 1.14 bits per heavy atom. The van der Waals surface area contributed by atoms with E-state index in [0.717, 1.165) is 46.5 Å². The summed E-state index contributed by atoms with van der Waals surface area (Å²) in [7, 11) is 1.85. The normalized spacial score (nSPS) is 14.7. The molecule has 2 heterocycles. The summed E-state index contributed by atoms with van der Waals surface area (Å²) in [5.41, 5.74) is 3.59. The van der Waals surface area contributed by atoms with E-state index in [2.05, 4.69) is 30.9 Å². The minimum Gasteiger partial charge on any atom is -0.373 e. The van der Waals surface area contributed by atoms with Gasteiger partial charge in [0.05, 0.1) is 23.8 Å². The molecule has 2 N–H and O–H groups in total. The predicted octanol–water partition coefficient (Wildman–Crippen LogP) is 4.45. The molecule has 4 aromatic rings. The van der Waals surface area contributed by atoms with Gasteiger partial charge in [-0.2, -0.15) is 0 Å². The van der Waals surface area contributed by atoms with Gasteiger partial charge < -0.3 is 10.6 Å². The average molecular weight is 406 g/mol. The Bertz CT molecular complexity index is 1170. The first kappa shape index (κ1) is 17.9. The van der Waals surface area contributed by atoms with Crippen LogP contribution >= 0.6 is 11.6 Å². The molecular formula is C21H20ClN7. The Balaban J connectivity index is 1.56. The lowest BCUT2D eigenvalue weighted by Gasteiger charge is -2.20. The molecule has 0 saturated heterocycles. The van der Waals surface area contributed by atoms with Gasteiger partial charge >= 0.3 is 0 Å². The highest BCUT2D eigenvalue weighted by Gasteiger charge is 2.27. The van der Waals surface area contributed by atoms with Gasteiger partial charge in [0.15, 0.2) is 0 Å². The van der Waals surface area contributed by atoms with Crippen LogP contribution in [0.4, 0.5) is 11.5 Å². The molecule has 146 valence electrons. The van der Waals surface area contributed by atoms with E-state index in [4.69, 9.17) is 11.6 Å². The number of nitrogens with zero attached hydrogens (tertiary/aromatic N) is 5. The highest BCUT2D eigenvalue weighted by Crippen LogP contribution is 2.36.